The predicted octanol–water partition coefficient (Wildman–Crippen LogP) is 30.1. The molecule has 3 heteroatoms. The van der Waals surface area contributed by atoms with Crippen molar-refractivity contribution in [3.8, 4) is 168 Å². The molecule has 3 heterocycles. The quantitative estimate of drug-likeness (QED) is 0.103. The highest BCUT2D eigenvalue weighted by molar-refractivity contribution is 5.86. The fourth-order valence-corrected chi connectivity index (χ4v) is 14.9. The van der Waals surface area contributed by atoms with E-state index in [0.717, 1.165) is 78.7 Å². The highest BCUT2D eigenvalue weighted by Gasteiger charge is 2.16. The summed E-state index contributed by atoms with van der Waals surface area (Å²) in [6.45, 7) is 12.8. The zero-order valence-corrected chi connectivity index (χ0v) is 65.2. The molecule has 0 unspecified atom stereocenters. The van der Waals surface area contributed by atoms with Crippen LogP contribution < -0.4 is 0 Å². The van der Waals surface area contributed by atoms with Crippen LogP contribution in [0.4, 0.5) is 0 Å². The zero-order valence-electron chi connectivity index (χ0n) is 65.2. The van der Waals surface area contributed by atoms with Gasteiger partial charge in [-0.1, -0.05) is 355 Å². The molecule has 0 aliphatic heterocycles. The summed E-state index contributed by atoms with van der Waals surface area (Å²) in [4.78, 5) is 15.3. The Hall–Kier alpha value is -14.3. The Morgan fingerprint density at radius 3 is 0.465 bits per heavy atom. The molecule has 3 nitrogen and oxygen atoms in total. The second-order valence-electron chi connectivity index (χ2n) is 29.7. The second-order valence-corrected chi connectivity index (χ2v) is 29.7. The molecular weight excluding hydrogens is 1380 g/mol. The van der Waals surface area contributed by atoms with Crippen LogP contribution in [0.2, 0.25) is 0 Å². The summed E-state index contributed by atoms with van der Waals surface area (Å²) in [5, 5.41) is 0. The van der Waals surface area contributed by atoms with Crippen molar-refractivity contribution in [3.05, 3.63) is 452 Å². The molecule has 15 aromatic carbocycles. The van der Waals surface area contributed by atoms with Gasteiger partial charge in [0.25, 0.3) is 0 Å². The minimum Gasteiger partial charge on any atom is -0.248 e. The average molecular weight is 1460 g/mol. The van der Waals surface area contributed by atoms with E-state index in [0.29, 0.717) is 0 Å². The van der Waals surface area contributed by atoms with Gasteiger partial charge in [0.15, 0.2) is 0 Å². The maximum absolute atomic E-state index is 5.12. The Morgan fingerprint density at radius 1 is 0.105 bits per heavy atom. The van der Waals surface area contributed by atoms with E-state index >= 15 is 0 Å². The summed E-state index contributed by atoms with van der Waals surface area (Å²) in [5.74, 6) is 0. The van der Waals surface area contributed by atoms with Crippen molar-refractivity contribution in [3.63, 3.8) is 0 Å². The summed E-state index contributed by atoms with van der Waals surface area (Å²) >= 11 is 0. The Balaban J connectivity index is 0.000000130. The first-order valence-corrected chi connectivity index (χ1v) is 39.1. The van der Waals surface area contributed by atoms with Crippen molar-refractivity contribution in [2.45, 2.75) is 41.5 Å². The van der Waals surface area contributed by atoms with E-state index in [4.69, 9.17) is 15.0 Å². The van der Waals surface area contributed by atoms with E-state index in [-0.39, 0.29) is 0 Å². The van der Waals surface area contributed by atoms with E-state index in [1.54, 1.807) is 0 Å². The topological polar surface area (TPSA) is 38.7 Å². The van der Waals surface area contributed by atoms with Gasteiger partial charge in [0.05, 0.1) is 34.2 Å². The molecule has 18 rings (SSSR count). The highest BCUT2D eigenvalue weighted by Crippen LogP contribution is 2.39. The number of rotatable bonds is 15. The molecule has 0 saturated heterocycles. The SMILES string of the molecule is Cc1cccc(-c2cc(-c3ccc(-c4cc(-c5ccccc5)cc(-c5ccccc5)c4)cc3)cc(-c3cccc(C)c3)n2)c1.Cc1cccc(-c2cc(-c3ccc(-c4cccc(-c5ccccc5)c4)cc3)cc(-c3cccc(C)c3)n2)c1.Cc1cccc(-c2cc(-c3ccc(-c4ccccc4)cc3)cc(-c3cccc(C)c3)n2)c1. The molecule has 546 valence electrons. The van der Waals surface area contributed by atoms with Gasteiger partial charge in [-0.15, -0.1) is 0 Å². The summed E-state index contributed by atoms with van der Waals surface area (Å²) in [6, 6.07) is 149. The molecule has 0 saturated carbocycles. The van der Waals surface area contributed by atoms with Gasteiger partial charge in [-0.3, -0.25) is 0 Å². The Morgan fingerprint density at radius 2 is 0.246 bits per heavy atom. The number of benzene rings is 15. The molecule has 0 aliphatic rings. The van der Waals surface area contributed by atoms with Crippen LogP contribution in [0, 0.1) is 41.5 Å². The smallest absolute Gasteiger partial charge is 0.0715 e. The number of pyridine rings is 3. The van der Waals surface area contributed by atoms with Gasteiger partial charge in [0.1, 0.15) is 0 Å². The molecule has 0 bridgehead atoms. The van der Waals surface area contributed by atoms with E-state index in [9.17, 15) is 0 Å². The van der Waals surface area contributed by atoms with Crippen molar-refractivity contribution in [2.24, 2.45) is 0 Å². The van der Waals surface area contributed by atoms with Crippen molar-refractivity contribution in [1.29, 1.82) is 0 Å². The highest BCUT2D eigenvalue weighted by atomic mass is 14.7. The van der Waals surface area contributed by atoms with Gasteiger partial charge < -0.3 is 0 Å². The van der Waals surface area contributed by atoms with Gasteiger partial charge in [-0.2, -0.15) is 0 Å². The van der Waals surface area contributed by atoms with Gasteiger partial charge in [-0.25, -0.2) is 15.0 Å². The van der Waals surface area contributed by atoms with Crippen molar-refractivity contribution in [2.75, 3.05) is 0 Å². The van der Waals surface area contributed by atoms with Crippen LogP contribution in [0.3, 0.4) is 0 Å². The molecule has 0 spiro atoms. The molecule has 0 N–H and O–H groups in total. The second kappa shape index (κ2) is 34.3. The summed E-state index contributed by atoms with van der Waals surface area (Å²) in [5.41, 5.74) is 41.7. The van der Waals surface area contributed by atoms with Crippen LogP contribution in [-0.4, -0.2) is 15.0 Å². The van der Waals surface area contributed by atoms with Crippen molar-refractivity contribution in [1.82, 2.24) is 15.0 Å². The third kappa shape index (κ3) is 18.0. The maximum atomic E-state index is 5.12. The lowest BCUT2D eigenvalue weighted by Gasteiger charge is -2.13. The fraction of sp³-hybridized carbons (Fsp3) is 0.0541. The Labute approximate surface area is 671 Å². The molecule has 0 radical (unpaired) electrons. The third-order valence-corrected chi connectivity index (χ3v) is 20.9. The number of hydrogen-bond donors (Lipinski definition) is 0. The molecule has 3 aromatic heterocycles. The summed E-state index contributed by atoms with van der Waals surface area (Å²) in [6.07, 6.45) is 0. The Kier molecular flexibility index (Phi) is 22.3. The van der Waals surface area contributed by atoms with Crippen molar-refractivity contribution >= 4 is 0 Å². The third-order valence-electron chi connectivity index (χ3n) is 20.9. The van der Waals surface area contributed by atoms with Crippen LogP contribution in [-0.2, 0) is 0 Å². The van der Waals surface area contributed by atoms with Gasteiger partial charge in [0, 0.05) is 33.4 Å². The zero-order chi connectivity index (χ0) is 77.7. The normalized spacial score (nSPS) is 10.9. The molecular formula is C111H87N3. The minimum atomic E-state index is 0.981. The van der Waals surface area contributed by atoms with Gasteiger partial charge in [0.2, 0.25) is 0 Å². The van der Waals surface area contributed by atoms with Gasteiger partial charge in [-0.05, 0) is 239 Å². The Bertz CT molecular complexity index is 6120. The van der Waals surface area contributed by atoms with E-state index in [1.807, 2.05) is 0 Å². The van der Waals surface area contributed by atoms with Crippen LogP contribution in [0.25, 0.3) is 168 Å². The molecule has 114 heavy (non-hydrogen) atoms. The maximum Gasteiger partial charge on any atom is 0.0715 e. The largest absolute Gasteiger partial charge is 0.248 e. The average Bonchev–Trinajstić information content (AvgIpc) is 0.806. The lowest BCUT2D eigenvalue weighted by molar-refractivity contribution is 1.31. The fourth-order valence-electron chi connectivity index (χ4n) is 14.9. The van der Waals surface area contributed by atoms with Crippen molar-refractivity contribution < 1.29 is 0 Å². The molecule has 0 atom stereocenters. The summed E-state index contributed by atoms with van der Waals surface area (Å²) in [7, 11) is 0. The molecule has 18 aromatic rings. The van der Waals surface area contributed by atoms with E-state index in [2.05, 4.69) is 460 Å². The predicted molar refractivity (Wildman–Crippen MR) is 483 cm³/mol. The van der Waals surface area contributed by atoms with Crippen LogP contribution in [0.1, 0.15) is 33.4 Å². The molecule has 0 amide bonds. The monoisotopic (exact) mass is 1460 g/mol. The number of hydrogen-bond acceptors (Lipinski definition) is 3. The first-order valence-electron chi connectivity index (χ1n) is 39.1. The minimum absolute atomic E-state index is 0.981. The lowest BCUT2D eigenvalue weighted by atomic mass is 9.92. The standard InChI is InChI=1S/C43H33N.C37H29N.C31H25N/c1-30-11-9-17-36(23-30)42-28-41(29-43(44-42)37-18-10-12-31(2)24-37)35-21-19-34(20-22-35)40-26-38(32-13-5-3-6-14-32)25-39(27-40)33-15-7-4-8-16-33;1-26-9-6-15-33(21-26)36-24-35(25-37(38-36)34-16-7-10-27(2)22-34)30-19-17-29(18-20-30)32-14-8-13-31(23-32)28-11-4-3-5-12-28;1-22-8-6-12-27(18-22)30-20-29(21-31(32-30)28-13-7-9-23(2)19-28)26-16-14-25(15-17-26)24-10-4-3-5-11-24/h3-29H,1-2H3;3-25H,1-2H3;3-21H,1-2H3. The van der Waals surface area contributed by atoms with E-state index in [1.165, 1.54) is 122 Å². The first kappa shape index (κ1) is 73.9. The lowest BCUT2D eigenvalue weighted by Crippen LogP contribution is -1.92. The first-order chi connectivity index (χ1) is 55.9. The van der Waals surface area contributed by atoms with Gasteiger partial charge >= 0.3 is 0 Å². The number of nitrogens with zero attached hydrogens (tertiary/aromatic N) is 3. The van der Waals surface area contributed by atoms with Crippen LogP contribution in [0.15, 0.2) is 419 Å². The number of aryl methyl sites for hydroxylation is 6. The molecule has 0 fully saturated rings. The molecule has 0 aliphatic carbocycles. The summed E-state index contributed by atoms with van der Waals surface area (Å²) < 4.78 is 0. The van der Waals surface area contributed by atoms with Crippen LogP contribution in [0.5, 0.6) is 0 Å². The number of aromatic nitrogens is 3. The van der Waals surface area contributed by atoms with Crippen LogP contribution >= 0.6 is 0 Å². The van der Waals surface area contributed by atoms with E-state index < -0.39 is 0 Å².